The maximum Gasteiger partial charge on any atom is 0.308 e. The summed E-state index contributed by atoms with van der Waals surface area (Å²) < 4.78 is 11.3. The zero-order valence-electron chi connectivity index (χ0n) is 17.0. The highest BCUT2D eigenvalue weighted by Crippen LogP contribution is 2.28. The van der Waals surface area contributed by atoms with E-state index in [1.54, 1.807) is 6.92 Å². The Bertz CT molecular complexity index is 825. The predicted octanol–water partition coefficient (Wildman–Crippen LogP) is 4.66. The molecular formula is C24H30O4. The molecule has 4 nitrogen and oxygen atoms in total. The van der Waals surface area contributed by atoms with Crippen LogP contribution in [0.15, 0.2) is 42.5 Å². The van der Waals surface area contributed by atoms with Crippen LogP contribution in [0.4, 0.5) is 0 Å². The Morgan fingerprint density at radius 2 is 1.93 bits per heavy atom. The van der Waals surface area contributed by atoms with Crippen molar-refractivity contribution in [2.45, 2.75) is 71.2 Å². The first-order chi connectivity index (χ1) is 13.3. The van der Waals surface area contributed by atoms with Crippen LogP contribution in [-0.4, -0.2) is 22.8 Å². The smallest absolute Gasteiger partial charge is 0.308 e. The fourth-order valence-electron chi connectivity index (χ4n) is 3.80. The normalized spacial score (nSPS) is 22.0. The molecule has 1 N–H and O–H groups in total. The summed E-state index contributed by atoms with van der Waals surface area (Å²) in [4.78, 5) is 11.6. The summed E-state index contributed by atoms with van der Waals surface area (Å²) in [5, 5.41) is 10.1. The molecule has 1 aliphatic heterocycles. The molecule has 28 heavy (non-hydrogen) atoms. The van der Waals surface area contributed by atoms with E-state index in [-0.39, 0.29) is 18.5 Å². The predicted molar refractivity (Wildman–Crippen MR) is 109 cm³/mol. The van der Waals surface area contributed by atoms with E-state index >= 15 is 0 Å². The highest BCUT2D eigenvalue weighted by atomic mass is 16.5. The standard InChI is InChI=1S/C24H30O4/c1-17-7-4-5-8-20(17)16-27-21-12-11-19(18(2)13-21)9-6-10-22-14-24(3,26)15-23(25)28-22/h4-5,7-8,11-13,22,26H,6,9-10,14-16H2,1-3H3. The van der Waals surface area contributed by atoms with E-state index in [2.05, 4.69) is 38.1 Å². The summed E-state index contributed by atoms with van der Waals surface area (Å²) in [5.74, 6) is 0.578. The second-order valence-corrected chi connectivity index (χ2v) is 8.19. The maximum absolute atomic E-state index is 11.6. The van der Waals surface area contributed by atoms with Gasteiger partial charge in [0.25, 0.3) is 0 Å². The Labute approximate surface area is 167 Å². The Balaban J connectivity index is 1.50. The molecule has 0 bridgehead atoms. The summed E-state index contributed by atoms with van der Waals surface area (Å²) in [5.41, 5.74) is 3.97. The molecule has 0 saturated carbocycles. The molecule has 1 aliphatic rings. The second kappa shape index (κ2) is 8.78. The first-order valence-electron chi connectivity index (χ1n) is 10.0. The number of carbonyl (C=O) groups excluding carboxylic acids is 1. The average Bonchev–Trinajstić information content (AvgIpc) is 2.61. The van der Waals surface area contributed by atoms with E-state index in [0.29, 0.717) is 13.0 Å². The number of aliphatic hydroxyl groups is 1. The molecule has 1 heterocycles. The Kier molecular flexibility index (Phi) is 6.40. The molecule has 0 aliphatic carbocycles. The van der Waals surface area contributed by atoms with Crippen LogP contribution in [0.1, 0.15) is 54.9 Å². The van der Waals surface area contributed by atoms with Gasteiger partial charge in [0.1, 0.15) is 18.5 Å². The molecule has 150 valence electrons. The largest absolute Gasteiger partial charge is 0.489 e. The van der Waals surface area contributed by atoms with Gasteiger partial charge in [0.2, 0.25) is 0 Å². The third kappa shape index (κ3) is 5.59. The van der Waals surface area contributed by atoms with Crippen LogP contribution < -0.4 is 4.74 Å². The van der Waals surface area contributed by atoms with Gasteiger partial charge in [0.05, 0.1) is 12.0 Å². The summed E-state index contributed by atoms with van der Waals surface area (Å²) in [7, 11) is 0. The first kappa shape index (κ1) is 20.4. The molecule has 1 saturated heterocycles. The second-order valence-electron chi connectivity index (χ2n) is 8.19. The van der Waals surface area contributed by atoms with Gasteiger partial charge in [0, 0.05) is 6.42 Å². The molecule has 0 radical (unpaired) electrons. The fraction of sp³-hybridized carbons (Fsp3) is 0.458. The van der Waals surface area contributed by atoms with Gasteiger partial charge < -0.3 is 14.6 Å². The van der Waals surface area contributed by atoms with Crippen LogP contribution in [0.25, 0.3) is 0 Å². The Morgan fingerprint density at radius 3 is 2.64 bits per heavy atom. The van der Waals surface area contributed by atoms with Gasteiger partial charge in [-0.2, -0.15) is 0 Å². The fourth-order valence-corrected chi connectivity index (χ4v) is 3.80. The van der Waals surface area contributed by atoms with E-state index < -0.39 is 5.60 Å². The number of hydrogen-bond donors (Lipinski definition) is 1. The van der Waals surface area contributed by atoms with Crippen molar-refractivity contribution in [1.82, 2.24) is 0 Å². The van der Waals surface area contributed by atoms with E-state index in [9.17, 15) is 9.90 Å². The van der Waals surface area contributed by atoms with E-state index in [4.69, 9.17) is 9.47 Å². The number of hydrogen-bond acceptors (Lipinski definition) is 4. The highest BCUT2D eigenvalue weighted by Gasteiger charge is 2.35. The van der Waals surface area contributed by atoms with Gasteiger partial charge in [-0.25, -0.2) is 0 Å². The van der Waals surface area contributed by atoms with Gasteiger partial charge in [-0.1, -0.05) is 30.3 Å². The lowest BCUT2D eigenvalue weighted by Crippen LogP contribution is -2.40. The highest BCUT2D eigenvalue weighted by molar-refractivity contribution is 5.71. The summed E-state index contributed by atoms with van der Waals surface area (Å²) in [6.07, 6.45) is 3.02. The topological polar surface area (TPSA) is 55.8 Å². The molecule has 0 aromatic heterocycles. The van der Waals surface area contributed by atoms with Gasteiger partial charge in [-0.15, -0.1) is 0 Å². The molecule has 0 amide bonds. The number of aryl methyl sites for hydroxylation is 3. The summed E-state index contributed by atoms with van der Waals surface area (Å²) >= 11 is 0. The van der Waals surface area contributed by atoms with Crippen LogP contribution >= 0.6 is 0 Å². The molecule has 2 aromatic rings. The molecule has 0 spiro atoms. The number of esters is 1. The lowest BCUT2D eigenvalue weighted by molar-refractivity contribution is -0.168. The minimum atomic E-state index is -0.938. The zero-order valence-corrected chi connectivity index (χ0v) is 17.0. The minimum absolute atomic E-state index is 0.0899. The number of carbonyl (C=O) groups is 1. The molecule has 2 aromatic carbocycles. The van der Waals surface area contributed by atoms with E-state index in [1.807, 2.05) is 18.2 Å². The number of cyclic esters (lactones) is 1. The van der Waals surface area contributed by atoms with Crippen molar-refractivity contribution in [2.24, 2.45) is 0 Å². The van der Waals surface area contributed by atoms with Crippen LogP contribution in [0.5, 0.6) is 5.75 Å². The minimum Gasteiger partial charge on any atom is -0.489 e. The van der Waals surface area contributed by atoms with Gasteiger partial charge in [0.15, 0.2) is 0 Å². The van der Waals surface area contributed by atoms with Gasteiger partial charge in [-0.3, -0.25) is 4.79 Å². The quantitative estimate of drug-likeness (QED) is 0.708. The number of ether oxygens (including phenoxy) is 2. The van der Waals surface area contributed by atoms with Crippen molar-refractivity contribution in [3.8, 4) is 5.75 Å². The van der Waals surface area contributed by atoms with E-state index in [1.165, 1.54) is 22.3 Å². The van der Waals surface area contributed by atoms with Gasteiger partial charge >= 0.3 is 5.97 Å². The average molecular weight is 383 g/mol. The van der Waals surface area contributed by atoms with Crippen LogP contribution in [0.2, 0.25) is 0 Å². The van der Waals surface area contributed by atoms with Gasteiger partial charge in [-0.05, 0) is 74.4 Å². The van der Waals surface area contributed by atoms with E-state index in [0.717, 1.165) is 25.0 Å². The molecule has 4 heteroatoms. The molecule has 1 fully saturated rings. The van der Waals surface area contributed by atoms with Crippen LogP contribution in [-0.2, 0) is 22.6 Å². The lowest BCUT2D eigenvalue weighted by atomic mass is 9.89. The maximum atomic E-state index is 11.6. The zero-order chi connectivity index (χ0) is 20.1. The molecule has 3 rings (SSSR count). The van der Waals surface area contributed by atoms with Crippen molar-refractivity contribution < 1.29 is 19.4 Å². The van der Waals surface area contributed by atoms with Crippen LogP contribution in [0.3, 0.4) is 0 Å². The Hall–Kier alpha value is -2.33. The molecular weight excluding hydrogens is 352 g/mol. The van der Waals surface area contributed by atoms with Crippen molar-refractivity contribution in [2.75, 3.05) is 0 Å². The van der Waals surface area contributed by atoms with Crippen LogP contribution in [0, 0.1) is 13.8 Å². The molecule has 2 atom stereocenters. The Morgan fingerprint density at radius 1 is 1.14 bits per heavy atom. The van der Waals surface area contributed by atoms with Crippen molar-refractivity contribution >= 4 is 5.97 Å². The lowest BCUT2D eigenvalue weighted by Gasteiger charge is -2.33. The van der Waals surface area contributed by atoms with Crippen molar-refractivity contribution in [1.29, 1.82) is 0 Å². The third-order valence-corrected chi connectivity index (χ3v) is 5.43. The SMILES string of the molecule is Cc1cc(OCc2ccccc2C)ccc1CCCC1CC(C)(O)CC(=O)O1. The monoisotopic (exact) mass is 382 g/mol. The van der Waals surface area contributed by atoms with Crippen molar-refractivity contribution in [3.63, 3.8) is 0 Å². The first-order valence-corrected chi connectivity index (χ1v) is 10.0. The number of rotatable bonds is 7. The number of benzene rings is 2. The summed E-state index contributed by atoms with van der Waals surface area (Å²) in [6, 6.07) is 14.5. The molecule has 2 unspecified atom stereocenters. The summed E-state index contributed by atoms with van der Waals surface area (Å²) in [6.45, 7) is 6.47. The third-order valence-electron chi connectivity index (χ3n) is 5.43. The van der Waals surface area contributed by atoms with Crippen molar-refractivity contribution in [3.05, 3.63) is 64.7 Å².